The van der Waals surface area contributed by atoms with Gasteiger partial charge in [-0.1, -0.05) is 13.0 Å². The molecule has 0 aromatic heterocycles. The van der Waals surface area contributed by atoms with Gasteiger partial charge in [0.15, 0.2) is 6.61 Å². The molecular formula is C12H14N2O6. The number of carbonyl (C=O) groups excluding carboxylic acids is 1. The average Bonchev–Trinajstić information content (AvgIpc) is 2.42. The third kappa shape index (κ3) is 4.56. The zero-order valence-corrected chi connectivity index (χ0v) is 10.7. The Balaban J connectivity index is 2.54. The molecule has 8 heteroatoms. The van der Waals surface area contributed by atoms with Crippen molar-refractivity contribution in [2.24, 2.45) is 0 Å². The van der Waals surface area contributed by atoms with Gasteiger partial charge in [-0.3, -0.25) is 14.9 Å². The molecule has 8 nitrogen and oxygen atoms in total. The molecular weight excluding hydrogens is 268 g/mol. The zero-order chi connectivity index (χ0) is 15.1. The molecule has 0 aliphatic heterocycles. The van der Waals surface area contributed by atoms with Crippen molar-refractivity contribution in [1.82, 2.24) is 5.32 Å². The highest BCUT2D eigenvalue weighted by Crippen LogP contribution is 2.18. The van der Waals surface area contributed by atoms with E-state index in [1.54, 1.807) is 6.92 Å². The maximum absolute atomic E-state index is 11.5. The number of carboxylic acid groups (broad SMARTS) is 1. The summed E-state index contributed by atoms with van der Waals surface area (Å²) < 4.78 is 5.07. The molecule has 0 saturated heterocycles. The summed E-state index contributed by atoms with van der Waals surface area (Å²) in [5, 5.41) is 21.6. The number of nitrogens with zero attached hydrogens (tertiary/aromatic N) is 1. The Labute approximate surface area is 114 Å². The van der Waals surface area contributed by atoms with Crippen LogP contribution >= 0.6 is 0 Å². The van der Waals surface area contributed by atoms with E-state index in [-0.39, 0.29) is 17.9 Å². The molecule has 20 heavy (non-hydrogen) atoms. The lowest BCUT2D eigenvalue weighted by molar-refractivity contribution is -0.384. The number of ether oxygens (including phenoxy) is 1. The Morgan fingerprint density at radius 1 is 1.50 bits per heavy atom. The first-order chi connectivity index (χ1) is 9.43. The summed E-state index contributed by atoms with van der Waals surface area (Å²) in [4.78, 5) is 32.2. The number of carbonyl (C=O) groups is 2. The predicted octanol–water partition coefficient (Wildman–Crippen LogP) is 0.953. The molecule has 0 radical (unpaired) electrons. The van der Waals surface area contributed by atoms with Crippen LogP contribution < -0.4 is 10.1 Å². The first-order valence-electron chi connectivity index (χ1n) is 5.83. The Kier molecular flexibility index (Phi) is 5.45. The highest BCUT2D eigenvalue weighted by atomic mass is 16.6. The maximum atomic E-state index is 11.5. The summed E-state index contributed by atoms with van der Waals surface area (Å²) in [7, 11) is 0. The highest BCUT2D eigenvalue weighted by Gasteiger charge is 2.17. The quantitative estimate of drug-likeness (QED) is 0.567. The van der Waals surface area contributed by atoms with E-state index in [2.05, 4.69) is 5.32 Å². The highest BCUT2D eigenvalue weighted by molar-refractivity contribution is 5.84. The number of rotatable bonds is 7. The van der Waals surface area contributed by atoms with Gasteiger partial charge in [0.2, 0.25) is 0 Å². The van der Waals surface area contributed by atoms with E-state index in [9.17, 15) is 19.7 Å². The fraction of sp³-hybridized carbons (Fsp3) is 0.333. The predicted molar refractivity (Wildman–Crippen MR) is 68.4 cm³/mol. The van der Waals surface area contributed by atoms with Gasteiger partial charge < -0.3 is 15.2 Å². The average molecular weight is 282 g/mol. The van der Waals surface area contributed by atoms with Gasteiger partial charge in [0.25, 0.3) is 11.6 Å². The molecule has 108 valence electrons. The van der Waals surface area contributed by atoms with Gasteiger partial charge in [-0.05, 0) is 12.5 Å². The van der Waals surface area contributed by atoms with Crippen LogP contribution in [0.25, 0.3) is 0 Å². The standard InChI is InChI=1S/C12H14N2O6/c1-2-10(12(16)17)13-11(15)7-20-9-5-3-4-8(6-9)14(18)19/h3-6,10H,2,7H2,1H3,(H,13,15)(H,16,17)/t10-/m0/s1. The Morgan fingerprint density at radius 2 is 2.20 bits per heavy atom. The molecule has 0 bridgehead atoms. The zero-order valence-electron chi connectivity index (χ0n) is 10.7. The summed E-state index contributed by atoms with van der Waals surface area (Å²) in [6.45, 7) is 1.21. The van der Waals surface area contributed by atoms with Gasteiger partial charge >= 0.3 is 5.97 Å². The van der Waals surface area contributed by atoms with Crippen LogP contribution in [0, 0.1) is 10.1 Å². The number of hydrogen-bond acceptors (Lipinski definition) is 5. The van der Waals surface area contributed by atoms with Gasteiger partial charge in [-0.15, -0.1) is 0 Å². The third-order valence-electron chi connectivity index (χ3n) is 2.44. The van der Waals surface area contributed by atoms with Gasteiger partial charge in [0.1, 0.15) is 11.8 Å². The number of non-ortho nitro benzene ring substituents is 1. The number of nitrogens with one attached hydrogen (secondary N) is 1. The molecule has 1 amide bonds. The molecule has 0 heterocycles. The molecule has 0 unspecified atom stereocenters. The molecule has 1 atom stereocenters. The van der Waals surface area contributed by atoms with E-state index in [1.807, 2.05) is 0 Å². The van der Waals surface area contributed by atoms with Crippen LogP contribution in [-0.4, -0.2) is 34.6 Å². The van der Waals surface area contributed by atoms with E-state index in [0.29, 0.717) is 0 Å². The van der Waals surface area contributed by atoms with Crippen molar-refractivity contribution in [1.29, 1.82) is 0 Å². The Bertz CT molecular complexity index is 516. The second kappa shape index (κ2) is 7.07. The lowest BCUT2D eigenvalue weighted by Crippen LogP contribution is -2.42. The first kappa shape index (κ1) is 15.4. The summed E-state index contributed by atoms with van der Waals surface area (Å²) in [5.41, 5.74) is -0.153. The van der Waals surface area contributed by atoms with E-state index < -0.39 is 29.4 Å². The number of nitro groups is 1. The summed E-state index contributed by atoms with van der Waals surface area (Å²) in [5.74, 6) is -1.57. The monoisotopic (exact) mass is 282 g/mol. The summed E-state index contributed by atoms with van der Waals surface area (Å²) >= 11 is 0. The van der Waals surface area contributed by atoms with Crippen LogP contribution in [-0.2, 0) is 9.59 Å². The van der Waals surface area contributed by atoms with E-state index in [4.69, 9.17) is 9.84 Å². The minimum Gasteiger partial charge on any atom is -0.484 e. The first-order valence-corrected chi connectivity index (χ1v) is 5.83. The molecule has 1 rings (SSSR count). The van der Waals surface area contributed by atoms with Crippen LogP contribution in [0.4, 0.5) is 5.69 Å². The van der Waals surface area contributed by atoms with Crippen molar-refractivity contribution in [2.75, 3.05) is 6.61 Å². The van der Waals surface area contributed by atoms with Crippen molar-refractivity contribution in [3.8, 4) is 5.75 Å². The fourth-order valence-electron chi connectivity index (χ4n) is 1.41. The van der Waals surface area contributed by atoms with Crippen LogP contribution in [0.1, 0.15) is 13.3 Å². The second-order valence-electron chi connectivity index (χ2n) is 3.91. The van der Waals surface area contributed by atoms with Crippen molar-refractivity contribution in [2.45, 2.75) is 19.4 Å². The molecule has 0 fully saturated rings. The molecule has 2 N–H and O–H groups in total. The summed E-state index contributed by atoms with van der Waals surface area (Å²) in [6.07, 6.45) is 0.248. The number of benzene rings is 1. The van der Waals surface area contributed by atoms with E-state index in [0.717, 1.165) is 0 Å². The Hall–Kier alpha value is -2.64. The largest absolute Gasteiger partial charge is 0.484 e. The molecule has 0 saturated carbocycles. The van der Waals surface area contributed by atoms with Gasteiger partial charge in [0.05, 0.1) is 11.0 Å². The number of carboxylic acids is 1. The lowest BCUT2D eigenvalue weighted by Gasteiger charge is -2.12. The van der Waals surface area contributed by atoms with E-state index in [1.165, 1.54) is 24.3 Å². The lowest BCUT2D eigenvalue weighted by atomic mass is 10.2. The van der Waals surface area contributed by atoms with Gasteiger partial charge in [0, 0.05) is 6.07 Å². The SMILES string of the molecule is CC[C@H](NC(=O)COc1cccc([N+](=O)[O-])c1)C(=O)O. The summed E-state index contributed by atoms with van der Waals surface area (Å²) in [6, 6.07) is 4.40. The van der Waals surface area contributed by atoms with Crippen LogP contribution in [0.15, 0.2) is 24.3 Å². The molecule has 1 aromatic carbocycles. The van der Waals surface area contributed by atoms with Crippen molar-refractivity contribution >= 4 is 17.6 Å². The van der Waals surface area contributed by atoms with Gasteiger partial charge in [-0.2, -0.15) is 0 Å². The van der Waals surface area contributed by atoms with Crippen LogP contribution in [0.3, 0.4) is 0 Å². The van der Waals surface area contributed by atoms with Crippen molar-refractivity contribution in [3.63, 3.8) is 0 Å². The minimum atomic E-state index is -1.13. The minimum absolute atomic E-state index is 0.153. The maximum Gasteiger partial charge on any atom is 0.326 e. The Morgan fingerprint density at radius 3 is 2.75 bits per heavy atom. The van der Waals surface area contributed by atoms with Crippen molar-refractivity contribution < 1.29 is 24.4 Å². The van der Waals surface area contributed by atoms with Crippen LogP contribution in [0.2, 0.25) is 0 Å². The third-order valence-corrected chi connectivity index (χ3v) is 2.44. The van der Waals surface area contributed by atoms with Crippen molar-refractivity contribution in [3.05, 3.63) is 34.4 Å². The van der Waals surface area contributed by atoms with Crippen LogP contribution in [0.5, 0.6) is 5.75 Å². The topological polar surface area (TPSA) is 119 Å². The molecule has 0 aliphatic rings. The number of amides is 1. The molecule has 0 spiro atoms. The number of hydrogen-bond donors (Lipinski definition) is 2. The normalized spacial score (nSPS) is 11.4. The second-order valence-corrected chi connectivity index (χ2v) is 3.91. The fourth-order valence-corrected chi connectivity index (χ4v) is 1.41. The number of aliphatic carboxylic acids is 1. The van der Waals surface area contributed by atoms with Gasteiger partial charge in [-0.25, -0.2) is 4.79 Å². The van der Waals surface area contributed by atoms with E-state index >= 15 is 0 Å². The smallest absolute Gasteiger partial charge is 0.326 e. The number of nitro benzene ring substituents is 1. The molecule has 1 aromatic rings. The molecule has 0 aliphatic carbocycles.